The maximum atomic E-state index is 13.5. The fraction of sp³-hybridized carbons (Fsp3) is 0.171. The van der Waals surface area contributed by atoms with Gasteiger partial charge < -0.3 is 10.2 Å². The Hall–Kier alpha value is -6.07. The van der Waals surface area contributed by atoms with Gasteiger partial charge in [0.05, 0.1) is 18.7 Å². The van der Waals surface area contributed by atoms with Crippen molar-refractivity contribution in [2.24, 2.45) is 0 Å². The number of benzene rings is 5. The van der Waals surface area contributed by atoms with Crippen LogP contribution in [0.15, 0.2) is 151 Å². The molecule has 0 saturated heterocycles. The molecule has 2 heterocycles. The molecule has 1 aliphatic heterocycles. The Morgan fingerprint density at radius 2 is 1.27 bits per heavy atom. The molecule has 7 rings (SSSR count). The van der Waals surface area contributed by atoms with Gasteiger partial charge in [-0.05, 0) is 51.9 Å². The predicted molar refractivity (Wildman–Crippen MR) is 191 cm³/mol. The van der Waals surface area contributed by atoms with Gasteiger partial charge in [0.15, 0.2) is 5.54 Å². The summed E-state index contributed by atoms with van der Waals surface area (Å²) in [6, 6.07) is 44.7. The molecule has 0 fully saturated rings. The molecule has 1 unspecified atom stereocenters. The zero-order valence-electron chi connectivity index (χ0n) is 28.5. The van der Waals surface area contributed by atoms with Gasteiger partial charge in [-0.1, -0.05) is 140 Å². The third-order valence-electron chi connectivity index (χ3n) is 9.33. The molecule has 1 atom stereocenters. The van der Waals surface area contributed by atoms with E-state index in [1.807, 2.05) is 103 Å². The van der Waals surface area contributed by atoms with E-state index in [4.69, 9.17) is 15.0 Å². The van der Waals surface area contributed by atoms with E-state index in [1.54, 1.807) is 11.7 Å². The van der Waals surface area contributed by atoms with Crippen LogP contribution in [0.4, 0.5) is 13.2 Å². The molecule has 0 amide bonds. The van der Waals surface area contributed by atoms with E-state index in [-0.39, 0.29) is 12.0 Å². The molecule has 0 saturated carbocycles. The van der Waals surface area contributed by atoms with Crippen molar-refractivity contribution in [2.45, 2.75) is 31.1 Å². The quantitative estimate of drug-likeness (QED) is 0.117. The number of aromatic nitrogens is 4. The number of hydrogen-bond donors (Lipinski definition) is 1. The van der Waals surface area contributed by atoms with E-state index in [9.17, 15) is 18.0 Å². The van der Waals surface area contributed by atoms with E-state index < -0.39 is 30.3 Å². The number of tetrazole rings is 1. The number of hydrogen-bond acceptors (Lipinski definition) is 7. The van der Waals surface area contributed by atoms with Crippen LogP contribution in [0.3, 0.4) is 0 Å². The minimum Gasteiger partial charge on any atom is -0.466 e. The zero-order chi connectivity index (χ0) is 36.3. The third-order valence-corrected chi connectivity index (χ3v) is 9.33. The van der Waals surface area contributed by atoms with Crippen molar-refractivity contribution in [1.29, 1.82) is 0 Å². The van der Waals surface area contributed by atoms with Crippen LogP contribution in [-0.2, 0) is 21.5 Å². The second-order valence-electron chi connectivity index (χ2n) is 12.6. The number of carbonyl (C=O) groups is 1. The molecule has 0 spiro atoms. The van der Waals surface area contributed by atoms with E-state index in [0.29, 0.717) is 11.5 Å². The fourth-order valence-electron chi connectivity index (χ4n) is 7.04. The second-order valence-corrected chi connectivity index (χ2v) is 12.6. The molecular weight excluding hydrogens is 665 g/mol. The first-order chi connectivity index (χ1) is 25.2. The van der Waals surface area contributed by atoms with Gasteiger partial charge in [-0.25, -0.2) is 9.80 Å². The molecule has 0 aliphatic carbocycles. The number of hydrazine groups is 1. The lowest BCUT2D eigenvalue weighted by Gasteiger charge is -2.34. The van der Waals surface area contributed by atoms with E-state index in [1.165, 1.54) is 7.11 Å². The molecule has 1 aliphatic rings. The van der Waals surface area contributed by atoms with Crippen molar-refractivity contribution in [1.82, 2.24) is 30.6 Å². The highest BCUT2D eigenvalue weighted by Gasteiger charge is 2.43. The molecular formula is C41H35F3N6O2. The monoisotopic (exact) mass is 700 g/mol. The minimum atomic E-state index is -4.47. The number of allylic oxidation sites excluding steroid dienone is 1. The lowest BCUT2D eigenvalue weighted by atomic mass is 9.77. The highest BCUT2D eigenvalue weighted by molar-refractivity contribution is 5.91. The highest BCUT2D eigenvalue weighted by Crippen LogP contribution is 2.40. The maximum Gasteiger partial charge on any atom is 0.403 e. The molecule has 6 aromatic rings. The van der Waals surface area contributed by atoms with Crippen LogP contribution < -0.4 is 5.43 Å². The Balaban J connectivity index is 1.25. The summed E-state index contributed by atoms with van der Waals surface area (Å²) in [5, 5.41) is 15.4. The third kappa shape index (κ3) is 6.58. The fourth-order valence-corrected chi connectivity index (χ4v) is 7.04. The van der Waals surface area contributed by atoms with Gasteiger partial charge in [0.25, 0.3) is 0 Å². The average Bonchev–Trinajstić information content (AvgIpc) is 3.77. The summed E-state index contributed by atoms with van der Waals surface area (Å²) in [5.41, 5.74) is 8.41. The van der Waals surface area contributed by atoms with Gasteiger partial charge in [0.2, 0.25) is 5.82 Å². The number of ether oxygens (including phenoxy) is 1. The van der Waals surface area contributed by atoms with Gasteiger partial charge in [-0.2, -0.15) is 13.2 Å². The smallest absolute Gasteiger partial charge is 0.403 e. The summed E-state index contributed by atoms with van der Waals surface area (Å²) >= 11 is 0. The molecule has 0 radical (unpaired) electrons. The Morgan fingerprint density at radius 3 is 1.79 bits per heavy atom. The van der Waals surface area contributed by atoms with Gasteiger partial charge in [0.1, 0.15) is 6.54 Å². The van der Waals surface area contributed by atoms with E-state index >= 15 is 0 Å². The van der Waals surface area contributed by atoms with Crippen LogP contribution in [-0.4, -0.2) is 57.1 Å². The Kier molecular flexibility index (Phi) is 9.44. The lowest BCUT2D eigenvalue weighted by Crippen LogP contribution is -2.46. The average molecular weight is 701 g/mol. The minimum absolute atomic E-state index is 0.156. The Bertz CT molecular complexity index is 2090. The van der Waals surface area contributed by atoms with Crippen molar-refractivity contribution in [3.05, 3.63) is 173 Å². The molecule has 1 N–H and O–H groups in total. The molecule has 262 valence electrons. The summed E-state index contributed by atoms with van der Waals surface area (Å²) in [5.74, 6) is -0.239. The summed E-state index contributed by atoms with van der Waals surface area (Å²) in [4.78, 5) is 14.3. The van der Waals surface area contributed by atoms with Gasteiger partial charge in [0, 0.05) is 11.3 Å². The molecule has 5 aromatic carbocycles. The normalized spacial score (nSPS) is 15.1. The number of alkyl halides is 3. The van der Waals surface area contributed by atoms with Crippen LogP contribution in [0, 0.1) is 0 Å². The van der Waals surface area contributed by atoms with Crippen LogP contribution in [0.25, 0.3) is 22.5 Å². The summed E-state index contributed by atoms with van der Waals surface area (Å²) in [7, 11) is 1.22. The number of halogens is 3. The van der Waals surface area contributed by atoms with Crippen LogP contribution >= 0.6 is 0 Å². The highest BCUT2D eigenvalue weighted by atomic mass is 19.4. The zero-order valence-corrected chi connectivity index (χ0v) is 28.5. The number of esters is 1. The SMILES string of the molecule is COC(=O)C1=C(C)NN(CC(F)(F)F)C1Cc1ccc(-c2ccccc2-c2nnn(C(c3ccccc3)(c3ccccc3)c3ccccc3)n2)cc1. The number of rotatable bonds is 10. The lowest BCUT2D eigenvalue weighted by molar-refractivity contribution is -0.154. The van der Waals surface area contributed by atoms with Crippen molar-refractivity contribution >= 4 is 5.97 Å². The standard InChI is InChI=1S/C41H35F3N6O2/c1-28-37(39(51)52-2)36(49(46-28)27-40(42,43)44)26-29-22-24-30(25-23-29)34-20-12-13-21-35(34)38-45-48-50(47-38)41(31-14-6-3-7-15-31,32-16-8-4-9-17-32)33-18-10-5-11-19-33/h3-25,36,46H,26-27H2,1-2H3. The molecule has 8 nitrogen and oxygen atoms in total. The topological polar surface area (TPSA) is 85.2 Å². The van der Waals surface area contributed by atoms with Crippen LogP contribution in [0.1, 0.15) is 29.2 Å². The summed E-state index contributed by atoms with van der Waals surface area (Å²) in [6.45, 7) is 0.345. The Labute approximate surface area is 299 Å². The van der Waals surface area contributed by atoms with E-state index in [2.05, 4.69) is 46.9 Å². The van der Waals surface area contributed by atoms with E-state index in [0.717, 1.165) is 44.0 Å². The first-order valence-electron chi connectivity index (χ1n) is 16.7. The number of carbonyl (C=O) groups excluding carboxylic acids is 1. The molecule has 52 heavy (non-hydrogen) atoms. The second kappa shape index (κ2) is 14.3. The van der Waals surface area contributed by atoms with Crippen molar-refractivity contribution < 1.29 is 22.7 Å². The van der Waals surface area contributed by atoms with Gasteiger partial charge in [-0.3, -0.25) is 0 Å². The van der Waals surface area contributed by atoms with Crippen LogP contribution in [0.5, 0.6) is 0 Å². The molecule has 11 heteroatoms. The van der Waals surface area contributed by atoms with Crippen molar-refractivity contribution in [2.75, 3.05) is 13.7 Å². The maximum absolute atomic E-state index is 13.5. The van der Waals surface area contributed by atoms with Crippen molar-refractivity contribution in [3.8, 4) is 22.5 Å². The number of methoxy groups -OCH3 is 1. The summed E-state index contributed by atoms with van der Waals surface area (Å²) < 4.78 is 45.3. The molecule has 1 aromatic heterocycles. The molecule has 0 bridgehead atoms. The number of nitrogens with zero attached hydrogens (tertiary/aromatic N) is 5. The predicted octanol–water partition coefficient (Wildman–Crippen LogP) is 7.59. The Morgan fingerprint density at radius 1 is 0.750 bits per heavy atom. The van der Waals surface area contributed by atoms with Crippen molar-refractivity contribution in [3.63, 3.8) is 0 Å². The summed E-state index contributed by atoms with van der Waals surface area (Å²) in [6.07, 6.45) is -4.31. The van der Waals surface area contributed by atoms with Crippen LogP contribution in [0.2, 0.25) is 0 Å². The largest absolute Gasteiger partial charge is 0.466 e. The first kappa shape index (κ1) is 34.4. The van der Waals surface area contributed by atoms with Gasteiger partial charge in [-0.15, -0.1) is 15.0 Å². The first-order valence-corrected chi connectivity index (χ1v) is 16.7. The van der Waals surface area contributed by atoms with Gasteiger partial charge >= 0.3 is 12.1 Å². The number of nitrogens with one attached hydrogen (secondary N) is 1.